The van der Waals surface area contributed by atoms with E-state index >= 15 is 0 Å². The zero-order valence-electron chi connectivity index (χ0n) is 12.5. The van der Waals surface area contributed by atoms with Crippen LogP contribution in [0, 0.1) is 20.8 Å². The summed E-state index contributed by atoms with van der Waals surface area (Å²) in [6.07, 6.45) is 0. The normalized spacial score (nSPS) is 11.9. The molecule has 0 spiro atoms. The maximum absolute atomic E-state index is 4.43. The number of aryl methyl sites for hydroxylation is 3. The van der Waals surface area contributed by atoms with E-state index in [0.29, 0.717) is 0 Å². The second-order valence-electron chi connectivity index (χ2n) is 6.25. The molecule has 2 rings (SSSR count). The molecule has 0 aliphatic rings. The molecule has 0 amide bonds. The van der Waals surface area contributed by atoms with Gasteiger partial charge in [0, 0.05) is 11.3 Å². The van der Waals surface area contributed by atoms with E-state index in [4.69, 9.17) is 0 Å². The van der Waals surface area contributed by atoms with Crippen molar-refractivity contribution in [1.82, 2.24) is 10.2 Å². The van der Waals surface area contributed by atoms with Gasteiger partial charge in [0.05, 0.1) is 4.47 Å². The average Bonchev–Trinajstić information content (AvgIpc) is 2.59. The average molecular weight is 321 g/mol. The predicted octanol–water partition coefficient (Wildman–Crippen LogP) is 5.06. The van der Waals surface area contributed by atoms with Crippen LogP contribution in [0.3, 0.4) is 0 Å². The van der Waals surface area contributed by atoms with Crippen molar-refractivity contribution >= 4 is 15.9 Å². The molecular weight excluding hydrogens is 300 g/mol. The third-order valence-corrected chi connectivity index (χ3v) is 4.48. The van der Waals surface area contributed by atoms with Crippen LogP contribution in [0.25, 0.3) is 11.3 Å². The molecule has 0 fully saturated rings. The summed E-state index contributed by atoms with van der Waals surface area (Å²) in [6, 6.07) is 4.55. The van der Waals surface area contributed by atoms with E-state index in [9.17, 15) is 0 Å². The molecule has 0 atom stereocenters. The molecule has 3 heteroatoms. The first-order valence-corrected chi connectivity index (χ1v) is 7.33. The van der Waals surface area contributed by atoms with Crippen LogP contribution in [0.2, 0.25) is 0 Å². The highest BCUT2D eigenvalue weighted by atomic mass is 79.9. The van der Waals surface area contributed by atoms with Crippen molar-refractivity contribution in [1.29, 1.82) is 0 Å². The SMILES string of the molecule is Cc1cc(C(C)(C)C)cc(C)c1-c1n[nH]c(C)c1Br. The molecule has 2 nitrogen and oxygen atoms in total. The second kappa shape index (κ2) is 4.78. The lowest BCUT2D eigenvalue weighted by Gasteiger charge is -2.22. The molecule has 1 aromatic carbocycles. The van der Waals surface area contributed by atoms with E-state index in [0.717, 1.165) is 15.9 Å². The standard InChI is InChI=1S/C16H21BrN2/c1-9-7-12(16(4,5)6)8-10(2)13(9)15-14(17)11(3)18-19-15/h7-8H,1-6H3,(H,18,19). The molecular formula is C16H21BrN2. The van der Waals surface area contributed by atoms with Gasteiger partial charge < -0.3 is 0 Å². The van der Waals surface area contributed by atoms with Gasteiger partial charge in [-0.3, -0.25) is 5.10 Å². The minimum atomic E-state index is 0.173. The first-order valence-electron chi connectivity index (χ1n) is 6.54. The fourth-order valence-corrected chi connectivity index (χ4v) is 2.73. The summed E-state index contributed by atoms with van der Waals surface area (Å²) in [5.41, 5.74) is 7.39. The van der Waals surface area contributed by atoms with Crippen LogP contribution < -0.4 is 0 Å². The number of nitrogens with one attached hydrogen (secondary N) is 1. The molecule has 0 bridgehead atoms. The van der Waals surface area contributed by atoms with Crippen molar-refractivity contribution in [2.75, 3.05) is 0 Å². The number of hydrogen-bond acceptors (Lipinski definition) is 1. The summed E-state index contributed by atoms with van der Waals surface area (Å²) >= 11 is 3.62. The van der Waals surface area contributed by atoms with E-state index in [1.165, 1.54) is 22.3 Å². The number of aromatic amines is 1. The molecule has 0 unspecified atom stereocenters. The van der Waals surface area contributed by atoms with E-state index in [-0.39, 0.29) is 5.41 Å². The van der Waals surface area contributed by atoms with E-state index in [2.05, 4.69) is 72.9 Å². The number of hydrogen-bond donors (Lipinski definition) is 1. The largest absolute Gasteiger partial charge is 0.281 e. The monoisotopic (exact) mass is 320 g/mol. The molecule has 0 saturated carbocycles. The molecule has 1 N–H and O–H groups in total. The van der Waals surface area contributed by atoms with Gasteiger partial charge in [0.15, 0.2) is 0 Å². The maximum Gasteiger partial charge on any atom is 0.107 e. The maximum atomic E-state index is 4.43. The number of benzene rings is 1. The summed E-state index contributed by atoms with van der Waals surface area (Å²) in [4.78, 5) is 0. The van der Waals surface area contributed by atoms with Gasteiger partial charge in [-0.25, -0.2) is 0 Å². The minimum absolute atomic E-state index is 0.173. The summed E-state index contributed by atoms with van der Waals surface area (Å²) < 4.78 is 1.06. The van der Waals surface area contributed by atoms with Gasteiger partial charge in [0.25, 0.3) is 0 Å². The predicted molar refractivity (Wildman–Crippen MR) is 84.6 cm³/mol. The van der Waals surface area contributed by atoms with Gasteiger partial charge in [-0.2, -0.15) is 5.10 Å². The van der Waals surface area contributed by atoms with Crippen LogP contribution in [-0.4, -0.2) is 10.2 Å². The summed E-state index contributed by atoms with van der Waals surface area (Å²) in [7, 11) is 0. The van der Waals surface area contributed by atoms with E-state index in [1.807, 2.05) is 6.92 Å². The Hall–Kier alpha value is -1.09. The highest BCUT2D eigenvalue weighted by Crippen LogP contribution is 2.35. The zero-order valence-corrected chi connectivity index (χ0v) is 14.1. The number of H-pyrrole nitrogens is 1. The number of rotatable bonds is 1. The Morgan fingerprint density at radius 1 is 1.05 bits per heavy atom. The Morgan fingerprint density at radius 2 is 1.58 bits per heavy atom. The highest BCUT2D eigenvalue weighted by molar-refractivity contribution is 9.10. The van der Waals surface area contributed by atoms with Crippen LogP contribution in [0.4, 0.5) is 0 Å². The van der Waals surface area contributed by atoms with Gasteiger partial charge >= 0.3 is 0 Å². The van der Waals surface area contributed by atoms with Crippen molar-refractivity contribution < 1.29 is 0 Å². The Labute approximate surface area is 123 Å². The Morgan fingerprint density at radius 3 is 1.95 bits per heavy atom. The lowest BCUT2D eigenvalue weighted by Crippen LogP contribution is -2.12. The molecule has 0 aliphatic carbocycles. The molecule has 1 aromatic heterocycles. The Kier molecular flexibility index (Phi) is 3.61. The second-order valence-corrected chi connectivity index (χ2v) is 7.04. The Bertz CT molecular complexity index is 595. The molecule has 2 aromatic rings. The molecule has 0 radical (unpaired) electrons. The van der Waals surface area contributed by atoms with Crippen molar-refractivity contribution in [3.8, 4) is 11.3 Å². The first kappa shape index (κ1) is 14.3. The lowest BCUT2D eigenvalue weighted by molar-refractivity contribution is 0.589. The Balaban J connectivity index is 2.64. The number of nitrogens with zero attached hydrogens (tertiary/aromatic N) is 1. The number of aromatic nitrogens is 2. The smallest absolute Gasteiger partial charge is 0.107 e. The molecule has 19 heavy (non-hydrogen) atoms. The van der Waals surface area contributed by atoms with Crippen LogP contribution in [0.15, 0.2) is 16.6 Å². The van der Waals surface area contributed by atoms with Crippen molar-refractivity contribution in [3.05, 3.63) is 39.0 Å². The van der Waals surface area contributed by atoms with Gasteiger partial charge in [-0.05, 0) is 58.8 Å². The third-order valence-electron chi connectivity index (χ3n) is 3.51. The molecule has 0 saturated heterocycles. The highest BCUT2D eigenvalue weighted by Gasteiger charge is 2.19. The van der Waals surface area contributed by atoms with Crippen LogP contribution >= 0.6 is 15.9 Å². The quantitative estimate of drug-likeness (QED) is 0.781. The minimum Gasteiger partial charge on any atom is -0.281 e. The van der Waals surface area contributed by atoms with E-state index < -0.39 is 0 Å². The van der Waals surface area contributed by atoms with Gasteiger partial charge in [0.2, 0.25) is 0 Å². The fraction of sp³-hybridized carbons (Fsp3) is 0.438. The van der Waals surface area contributed by atoms with Crippen molar-refractivity contribution in [3.63, 3.8) is 0 Å². The van der Waals surface area contributed by atoms with Crippen molar-refractivity contribution in [2.24, 2.45) is 0 Å². The van der Waals surface area contributed by atoms with E-state index in [1.54, 1.807) is 0 Å². The van der Waals surface area contributed by atoms with Gasteiger partial charge in [0.1, 0.15) is 5.69 Å². The van der Waals surface area contributed by atoms with Crippen LogP contribution in [0.1, 0.15) is 43.2 Å². The molecule has 0 aliphatic heterocycles. The summed E-state index contributed by atoms with van der Waals surface area (Å²) in [6.45, 7) is 13.1. The third kappa shape index (κ3) is 2.62. The van der Waals surface area contributed by atoms with Crippen molar-refractivity contribution in [2.45, 2.75) is 47.0 Å². The number of halogens is 1. The molecule has 102 valence electrons. The fourth-order valence-electron chi connectivity index (χ4n) is 2.35. The van der Waals surface area contributed by atoms with Gasteiger partial charge in [-0.15, -0.1) is 0 Å². The summed E-state index contributed by atoms with van der Waals surface area (Å²) in [5, 5.41) is 7.47. The summed E-state index contributed by atoms with van der Waals surface area (Å²) in [5.74, 6) is 0. The first-order chi connectivity index (χ1) is 8.71. The molecule has 1 heterocycles. The van der Waals surface area contributed by atoms with Gasteiger partial charge in [-0.1, -0.05) is 32.9 Å². The topological polar surface area (TPSA) is 28.7 Å². The van der Waals surface area contributed by atoms with Crippen LogP contribution in [0.5, 0.6) is 0 Å². The lowest BCUT2D eigenvalue weighted by atomic mass is 9.83. The zero-order chi connectivity index (χ0) is 14.4. The van der Waals surface area contributed by atoms with Crippen LogP contribution in [-0.2, 0) is 5.41 Å².